The fraction of sp³-hybridized carbons (Fsp3) is 0.176. The van der Waals surface area contributed by atoms with E-state index in [1.165, 1.54) is 22.2 Å². The largest absolute Gasteiger partial charge is 0.347 e. The Kier molecular flexibility index (Phi) is 3.59. The van der Waals surface area contributed by atoms with E-state index in [4.69, 9.17) is 0 Å². The number of nitriles is 1. The maximum atomic E-state index is 9.43. The lowest BCUT2D eigenvalue weighted by molar-refractivity contribution is 0.797. The van der Waals surface area contributed by atoms with Gasteiger partial charge in [-0.1, -0.05) is 18.2 Å². The van der Waals surface area contributed by atoms with E-state index in [1.807, 2.05) is 30.5 Å². The number of para-hydroxylation sites is 1. The van der Waals surface area contributed by atoms with Gasteiger partial charge in [0, 0.05) is 40.3 Å². The number of benzene rings is 1. The molecule has 3 nitrogen and oxygen atoms in total. The smallest absolute Gasteiger partial charge is 0.134 e. The predicted octanol–water partition coefficient (Wildman–Crippen LogP) is 4.49. The zero-order valence-electron chi connectivity index (χ0n) is 12.0. The molecule has 0 amide bonds. The third-order valence-corrected chi connectivity index (χ3v) is 4.42. The maximum Gasteiger partial charge on any atom is 0.134 e. The standard InChI is InChI=1S/C17H15N3S/c1-3-20-10-14(15-6-4-5-7-16(15)20)8-13(9-18)17-19-12(2)11-21-17/h4-8,10-11H,3H2,1-2H3/b13-8-. The SMILES string of the molecule is CCn1cc(/C=C(/C#N)c2nc(C)cs2)c2ccccc21. The molecule has 2 aromatic heterocycles. The molecule has 21 heavy (non-hydrogen) atoms. The third-order valence-electron chi connectivity index (χ3n) is 3.43. The van der Waals surface area contributed by atoms with Crippen molar-refractivity contribution in [1.82, 2.24) is 9.55 Å². The van der Waals surface area contributed by atoms with Gasteiger partial charge in [0.2, 0.25) is 0 Å². The number of rotatable bonds is 3. The van der Waals surface area contributed by atoms with E-state index in [2.05, 4.69) is 40.9 Å². The molecule has 0 fully saturated rings. The number of nitrogens with zero attached hydrogens (tertiary/aromatic N) is 3. The Hall–Kier alpha value is -2.38. The molecule has 0 saturated carbocycles. The van der Waals surface area contributed by atoms with Gasteiger partial charge in [-0.25, -0.2) is 4.98 Å². The highest BCUT2D eigenvalue weighted by Crippen LogP contribution is 2.27. The number of aryl methyl sites for hydroxylation is 2. The normalized spacial score (nSPS) is 11.8. The minimum Gasteiger partial charge on any atom is -0.347 e. The van der Waals surface area contributed by atoms with Crippen molar-refractivity contribution in [2.75, 3.05) is 0 Å². The molecule has 4 heteroatoms. The van der Waals surface area contributed by atoms with E-state index < -0.39 is 0 Å². The molecule has 0 aliphatic rings. The molecule has 0 aliphatic heterocycles. The van der Waals surface area contributed by atoms with Crippen LogP contribution in [0.4, 0.5) is 0 Å². The molecule has 3 rings (SSSR count). The summed E-state index contributed by atoms with van der Waals surface area (Å²) in [6.45, 7) is 4.97. The zero-order valence-corrected chi connectivity index (χ0v) is 12.8. The highest BCUT2D eigenvalue weighted by Gasteiger charge is 2.09. The van der Waals surface area contributed by atoms with Crippen molar-refractivity contribution in [3.63, 3.8) is 0 Å². The van der Waals surface area contributed by atoms with Gasteiger partial charge >= 0.3 is 0 Å². The van der Waals surface area contributed by atoms with Gasteiger partial charge < -0.3 is 4.57 Å². The van der Waals surface area contributed by atoms with Crippen LogP contribution in [0.15, 0.2) is 35.8 Å². The van der Waals surface area contributed by atoms with E-state index in [1.54, 1.807) is 0 Å². The van der Waals surface area contributed by atoms with Gasteiger partial charge in [-0.3, -0.25) is 0 Å². The molecule has 0 spiro atoms. The second-order valence-corrected chi connectivity index (χ2v) is 5.71. The number of hydrogen-bond acceptors (Lipinski definition) is 3. The Morgan fingerprint density at radius 1 is 1.43 bits per heavy atom. The van der Waals surface area contributed by atoms with Gasteiger partial charge in [0.25, 0.3) is 0 Å². The van der Waals surface area contributed by atoms with Gasteiger partial charge in [-0.2, -0.15) is 5.26 Å². The van der Waals surface area contributed by atoms with Gasteiger partial charge in [-0.05, 0) is 26.0 Å². The van der Waals surface area contributed by atoms with E-state index in [9.17, 15) is 5.26 Å². The summed E-state index contributed by atoms with van der Waals surface area (Å²) >= 11 is 1.51. The molecule has 3 aromatic rings. The van der Waals surface area contributed by atoms with Crippen molar-refractivity contribution in [1.29, 1.82) is 5.26 Å². The Labute approximate surface area is 127 Å². The Balaban J connectivity index is 2.16. The third kappa shape index (κ3) is 2.48. The molecule has 0 bridgehead atoms. The summed E-state index contributed by atoms with van der Waals surface area (Å²) in [6, 6.07) is 10.5. The first kappa shape index (κ1) is 13.6. The van der Waals surface area contributed by atoms with Crippen LogP contribution in [0.2, 0.25) is 0 Å². The summed E-state index contributed by atoms with van der Waals surface area (Å²) in [7, 11) is 0. The first-order valence-corrected chi connectivity index (χ1v) is 7.73. The van der Waals surface area contributed by atoms with E-state index in [-0.39, 0.29) is 0 Å². The zero-order chi connectivity index (χ0) is 14.8. The van der Waals surface area contributed by atoms with Crippen LogP contribution in [-0.2, 0) is 6.54 Å². The van der Waals surface area contributed by atoms with Crippen LogP contribution in [0.3, 0.4) is 0 Å². The Bertz CT molecular complexity index is 862. The topological polar surface area (TPSA) is 41.6 Å². The van der Waals surface area contributed by atoms with Crippen molar-refractivity contribution in [3.8, 4) is 6.07 Å². The van der Waals surface area contributed by atoms with Crippen LogP contribution in [0, 0.1) is 18.3 Å². The van der Waals surface area contributed by atoms with Crippen LogP contribution in [0.1, 0.15) is 23.2 Å². The number of thiazole rings is 1. The van der Waals surface area contributed by atoms with Crippen molar-refractivity contribution in [2.45, 2.75) is 20.4 Å². The predicted molar refractivity (Wildman–Crippen MR) is 87.9 cm³/mol. The number of hydrogen-bond donors (Lipinski definition) is 0. The van der Waals surface area contributed by atoms with Crippen LogP contribution in [-0.4, -0.2) is 9.55 Å². The lowest BCUT2D eigenvalue weighted by Gasteiger charge is -1.97. The number of allylic oxidation sites excluding steroid dienone is 1. The fourth-order valence-electron chi connectivity index (χ4n) is 2.43. The molecule has 0 aliphatic carbocycles. The highest BCUT2D eigenvalue weighted by atomic mass is 32.1. The van der Waals surface area contributed by atoms with E-state index in [0.29, 0.717) is 5.57 Å². The van der Waals surface area contributed by atoms with Gasteiger partial charge in [0.1, 0.15) is 11.1 Å². The molecule has 104 valence electrons. The molecule has 1 aromatic carbocycles. The molecule has 2 heterocycles. The Morgan fingerprint density at radius 3 is 2.90 bits per heavy atom. The van der Waals surface area contributed by atoms with Gasteiger partial charge in [0.05, 0.1) is 5.57 Å². The maximum absolute atomic E-state index is 9.43. The summed E-state index contributed by atoms with van der Waals surface area (Å²) in [5.41, 5.74) is 3.83. The average molecular weight is 293 g/mol. The summed E-state index contributed by atoms with van der Waals surface area (Å²) in [5, 5.41) is 13.3. The van der Waals surface area contributed by atoms with Gasteiger partial charge in [0.15, 0.2) is 0 Å². The fourth-order valence-corrected chi connectivity index (χ4v) is 3.19. The molecule has 0 radical (unpaired) electrons. The van der Waals surface area contributed by atoms with Crippen LogP contribution >= 0.6 is 11.3 Å². The van der Waals surface area contributed by atoms with Crippen LogP contribution < -0.4 is 0 Å². The van der Waals surface area contributed by atoms with Crippen molar-refractivity contribution in [3.05, 3.63) is 52.1 Å². The first-order valence-electron chi connectivity index (χ1n) is 6.85. The first-order chi connectivity index (χ1) is 10.2. The quantitative estimate of drug-likeness (QED) is 0.668. The van der Waals surface area contributed by atoms with Crippen LogP contribution in [0.5, 0.6) is 0 Å². The molecular weight excluding hydrogens is 278 g/mol. The lowest BCUT2D eigenvalue weighted by atomic mass is 10.1. The van der Waals surface area contributed by atoms with E-state index in [0.717, 1.165) is 22.8 Å². The summed E-state index contributed by atoms with van der Waals surface area (Å²) in [5.74, 6) is 0. The Morgan fingerprint density at radius 2 is 2.24 bits per heavy atom. The molecule has 0 unspecified atom stereocenters. The van der Waals surface area contributed by atoms with Crippen molar-refractivity contribution < 1.29 is 0 Å². The minimum atomic E-state index is 0.618. The monoisotopic (exact) mass is 293 g/mol. The van der Waals surface area contributed by atoms with Crippen LogP contribution in [0.25, 0.3) is 22.6 Å². The van der Waals surface area contributed by atoms with Gasteiger partial charge in [-0.15, -0.1) is 11.3 Å². The molecular formula is C17H15N3S. The summed E-state index contributed by atoms with van der Waals surface area (Å²) < 4.78 is 2.20. The van der Waals surface area contributed by atoms with E-state index >= 15 is 0 Å². The summed E-state index contributed by atoms with van der Waals surface area (Å²) in [6.07, 6.45) is 4.04. The number of fused-ring (bicyclic) bond motifs is 1. The number of aromatic nitrogens is 2. The average Bonchev–Trinajstić information content (AvgIpc) is 3.09. The molecule has 0 atom stereocenters. The minimum absolute atomic E-state index is 0.618. The second kappa shape index (κ2) is 5.55. The second-order valence-electron chi connectivity index (χ2n) is 4.85. The summed E-state index contributed by atoms with van der Waals surface area (Å²) in [4.78, 5) is 4.41. The highest BCUT2D eigenvalue weighted by molar-refractivity contribution is 7.11. The molecule has 0 saturated heterocycles. The van der Waals surface area contributed by atoms with Crippen molar-refractivity contribution in [2.24, 2.45) is 0 Å². The molecule has 0 N–H and O–H groups in total. The van der Waals surface area contributed by atoms with Crippen molar-refractivity contribution >= 4 is 33.9 Å². The lowest BCUT2D eigenvalue weighted by Crippen LogP contribution is -1.89.